The molecular weight excluding hydrogens is 360 g/mol. The number of benzene rings is 1. The lowest BCUT2D eigenvalue weighted by Crippen LogP contribution is -2.30. The Hall–Kier alpha value is -1.74. The first kappa shape index (κ1) is 22.5. The Kier molecular flexibility index (Phi) is 8.62. The third kappa shape index (κ3) is 5.00. The number of rotatable bonds is 9. The van der Waals surface area contributed by atoms with E-state index in [0.717, 1.165) is 16.4 Å². The molecule has 0 amide bonds. The molecule has 0 saturated heterocycles. The van der Waals surface area contributed by atoms with Crippen LogP contribution >= 0.6 is 11.8 Å². The molecule has 0 aromatic heterocycles. The SMILES string of the molecule is C=C/C(SC)=C1/N=C(c2ccccc2C)C=C(C(C)C(CCC)CCC)N1C. The van der Waals surface area contributed by atoms with E-state index in [-0.39, 0.29) is 0 Å². The molecule has 1 aliphatic heterocycles. The molecule has 0 aliphatic carbocycles. The van der Waals surface area contributed by atoms with Crippen molar-refractivity contribution in [2.75, 3.05) is 13.3 Å². The second kappa shape index (κ2) is 10.7. The van der Waals surface area contributed by atoms with E-state index in [0.29, 0.717) is 11.8 Å². The van der Waals surface area contributed by atoms with E-state index in [1.165, 1.54) is 42.5 Å². The van der Waals surface area contributed by atoms with Crippen LogP contribution in [0.25, 0.3) is 0 Å². The minimum absolute atomic E-state index is 0.488. The standard InChI is InChI=1S/C25H36N2S/c1-8-13-20(14-9-2)19(5)23-17-22(21-16-12-11-15-18(21)4)26-25(27(23)6)24(10-3)28-7/h10-12,15-17,19-20H,3,8-9,13-14H2,1-2,4-7H3/b25-24+. The Morgan fingerprint density at radius 3 is 2.39 bits per heavy atom. The number of allylic oxidation sites excluding steroid dienone is 3. The van der Waals surface area contributed by atoms with Crippen LogP contribution in [0.15, 0.2) is 64.4 Å². The van der Waals surface area contributed by atoms with Crippen molar-refractivity contribution in [1.82, 2.24) is 4.90 Å². The molecule has 1 atom stereocenters. The maximum atomic E-state index is 5.07. The average molecular weight is 397 g/mol. The zero-order valence-electron chi connectivity index (χ0n) is 18.5. The van der Waals surface area contributed by atoms with Gasteiger partial charge in [0.05, 0.1) is 5.71 Å². The molecule has 28 heavy (non-hydrogen) atoms. The van der Waals surface area contributed by atoms with E-state index < -0.39 is 0 Å². The molecule has 0 saturated carbocycles. The summed E-state index contributed by atoms with van der Waals surface area (Å²) in [5.74, 6) is 2.20. The Balaban J connectivity index is 2.60. The zero-order valence-corrected chi connectivity index (χ0v) is 19.3. The summed E-state index contributed by atoms with van der Waals surface area (Å²) in [5, 5.41) is 0. The number of hydrogen-bond donors (Lipinski definition) is 0. The summed E-state index contributed by atoms with van der Waals surface area (Å²) in [6.45, 7) is 13.2. The van der Waals surface area contributed by atoms with Gasteiger partial charge in [0.25, 0.3) is 0 Å². The van der Waals surface area contributed by atoms with Crippen molar-refractivity contribution in [3.63, 3.8) is 0 Å². The number of nitrogens with zero attached hydrogens (tertiary/aromatic N) is 2. The lowest BCUT2D eigenvalue weighted by Gasteiger charge is -2.35. The van der Waals surface area contributed by atoms with Crippen LogP contribution in [-0.2, 0) is 0 Å². The number of aryl methyl sites for hydroxylation is 1. The first-order chi connectivity index (χ1) is 13.5. The second-order valence-corrected chi connectivity index (χ2v) is 8.51. The minimum atomic E-state index is 0.488. The van der Waals surface area contributed by atoms with Crippen LogP contribution in [0.3, 0.4) is 0 Å². The number of aliphatic imine (C=N–C) groups is 1. The third-order valence-electron chi connectivity index (χ3n) is 5.76. The molecule has 1 unspecified atom stereocenters. The van der Waals surface area contributed by atoms with Crippen LogP contribution in [0.5, 0.6) is 0 Å². The fraction of sp³-hybridized carbons (Fsp3) is 0.480. The molecule has 1 heterocycles. The maximum absolute atomic E-state index is 5.07. The maximum Gasteiger partial charge on any atom is 0.146 e. The Morgan fingerprint density at radius 1 is 1.21 bits per heavy atom. The summed E-state index contributed by atoms with van der Waals surface area (Å²) in [5.41, 5.74) is 4.90. The lowest BCUT2D eigenvalue weighted by atomic mass is 9.82. The average Bonchev–Trinajstić information content (AvgIpc) is 2.70. The van der Waals surface area contributed by atoms with Gasteiger partial charge in [-0.05, 0) is 36.7 Å². The van der Waals surface area contributed by atoms with Crippen molar-refractivity contribution in [2.45, 2.75) is 53.4 Å². The van der Waals surface area contributed by atoms with Gasteiger partial charge in [-0.15, -0.1) is 11.8 Å². The molecule has 2 nitrogen and oxygen atoms in total. The van der Waals surface area contributed by atoms with Crippen LogP contribution in [-0.4, -0.2) is 23.9 Å². The molecule has 0 spiro atoms. The quantitative estimate of drug-likeness (QED) is 0.439. The second-order valence-electron chi connectivity index (χ2n) is 7.66. The zero-order chi connectivity index (χ0) is 20.7. The first-order valence-electron chi connectivity index (χ1n) is 10.5. The smallest absolute Gasteiger partial charge is 0.146 e. The van der Waals surface area contributed by atoms with Gasteiger partial charge in [0.2, 0.25) is 0 Å². The first-order valence-corrected chi connectivity index (χ1v) is 11.7. The molecule has 1 aromatic carbocycles. The summed E-state index contributed by atoms with van der Waals surface area (Å²) in [4.78, 5) is 8.48. The highest BCUT2D eigenvalue weighted by molar-refractivity contribution is 8.02. The van der Waals surface area contributed by atoms with E-state index in [2.05, 4.69) is 82.8 Å². The molecule has 1 aliphatic rings. The number of hydrogen-bond acceptors (Lipinski definition) is 3. The van der Waals surface area contributed by atoms with Crippen LogP contribution in [0.2, 0.25) is 0 Å². The minimum Gasteiger partial charge on any atom is -0.332 e. The fourth-order valence-electron chi connectivity index (χ4n) is 4.13. The third-order valence-corrected chi connectivity index (χ3v) is 6.54. The predicted octanol–water partition coefficient (Wildman–Crippen LogP) is 7.18. The molecule has 0 fully saturated rings. The molecule has 3 heteroatoms. The molecule has 0 radical (unpaired) electrons. The van der Waals surface area contributed by atoms with Gasteiger partial charge in [-0.1, -0.05) is 83.4 Å². The molecule has 0 N–H and O–H groups in total. The van der Waals surface area contributed by atoms with Gasteiger partial charge in [0.15, 0.2) is 0 Å². The normalized spacial score (nSPS) is 17.3. The van der Waals surface area contributed by atoms with Gasteiger partial charge in [0, 0.05) is 23.2 Å². The van der Waals surface area contributed by atoms with Crippen molar-refractivity contribution >= 4 is 17.5 Å². The van der Waals surface area contributed by atoms with Gasteiger partial charge in [-0.25, -0.2) is 4.99 Å². The summed E-state index contributed by atoms with van der Waals surface area (Å²) in [6, 6.07) is 8.53. The van der Waals surface area contributed by atoms with Crippen LogP contribution in [0, 0.1) is 18.8 Å². The lowest BCUT2D eigenvalue weighted by molar-refractivity contribution is 0.296. The fourth-order valence-corrected chi connectivity index (χ4v) is 4.66. The molecule has 2 rings (SSSR count). The van der Waals surface area contributed by atoms with E-state index in [9.17, 15) is 0 Å². The van der Waals surface area contributed by atoms with Crippen molar-refractivity contribution in [3.8, 4) is 0 Å². The molecule has 1 aromatic rings. The Morgan fingerprint density at radius 2 is 1.86 bits per heavy atom. The highest BCUT2D eigenvalue weighted by atomic mass is 32.2. The molecular formula is C25H36N2S. The van der Waals surface area contributed by atoms with Crippen molar-refractivity contribution in [2.24, 2.45) is 16.8 Å². The van der Waals surface area contributed by atoms with E-state index in [1.807, 2.05) is 6.08 Å². The van der Waals surface area contributed by atoms with Gasteiger partial charge in [-0.2, -0.15) is 0 Å². The van der Waals surface area contributed by atoms with Crippen molar-refractivity contribution in [3.05, 3.63) is 70.5 Å². The monoisotopic (exact) mass is 396 g/mol. The van der Waals surface area contributed by atoms with Crippen LogP contribution in [0.1, 0.15) is 57.6 Å². The summed E-state index contributed by atoms with van der Waals surface area (Å²) < 4.78 is 0. The highest BCUT2D eigenvalue weighted by Gasteiger charge is 2.28. The van der Waals surface area contributed by atoms with Crippen molar-refractivity contribution in [1.29, 1.82) is 0 Å². The predicted molar refractivity (Wildman–Crippen MR) is 127 cm³/mol. The van der Waals surface area contributed by atoms with Gasteiger partial charge in [-0.3, -0.25) is 0 Å². The largest absolute Gasteiger partial charge is 0.332 e. The molecule has 152 valence electrons. The van der Waals surface area contributed by atoms with Crippen LogP contribution < -0.4 is 0 Å². The molecule has 0 bridgehead atoms. The summed E-state index contributed by atoms with van der Waals surface area (Å²) >= 11 is 1.71. The highest BCUT2D eigenvalue weighted by Crippen LogP contribution is 2.36. The summed E-state index contributed by atoms with van der Waals surface area (Å²) in [6.07, 6.45) is 11.3. The van der Waals surface area contributed by atoms with E-state index in [4.69, 9.17) is 4.99 Å². The topological polar surface area (TPSA) is 15.6 Å². The number of thioether (sulfide) groups is 1. The van der Waals surface area contributed by atoms with E-state index >= 15 is 0 Å². The van der Waals surface area contributed by atoms with Gasteiger partial charge < -0.3 is 4.90 Å². The van der Waals surface area contributed by atoms with Crippen molar-refractivity contribution < 1.29 is 0 Å². The van der Waals surface area contributed by atoms with Gasteiger partial charge >= 0.3 is 0 Å². The van der Waals surface area contributed by atoms with E-state index in [1.54, 1.807) is 11.8 Å². The summed E-state index contributed by atoms with van der Waals surface area (Å²) in [7, 11) is 2.16. The van der Waals surface area contributed by atoms with Gasteiger partial charge in [0.1, 0.15) is 5.82 Å². The Labute approximate surface area is 176 Å². The Bertz CT molecular complexity index is 767. The van der Waals surface area contributed by atoms with Crippen LogP contribution in [0.4, 0.5) is 0 Å².